The first kappa shape index (κ1) is 43.0. The molecule has 0 aromatic heterocycles. The van der Waals surface area contributed by atoms with Gasteiger partial charge in [-0.05, 0) is 0 Å². The molecule has 104 valence electrons. The third-order valence-corrected chi connectivity index (χ3v) is 0. The van der Waals surface area contributed by atoms with E-state index in [1.165, 1.54) is 0 Å². The number of rotatable bonds is 0. The largest absolute Gasteiger partial charge is 1.00 e. The van der Waals surface area contributed by atoms with E-state index < -0.39 is 23.5 Å². The molecule has 0 spiro atoms. The van der Waals surface area contributed by atoms with Crippen molar-refractivity contribution in [3.05, 3.63) is 0 Å². The molecule has 0 aromatic rings. The Bertz CT molecular complexity index is 226. The van der Waals surface area contributed by atoms with Gasteiger partial charge in [-0.25, -0.2) is 13.7 Å². The van der Waals surface area contributed by atoms with Crippen molar-refractivity contribution in [1.29, 1.82) is 0 Å². The van der Waals surface area contributed by atoms with Crippen molar-refractivity contribution in [3.63, 3.8) is 0 Å². The van der Waals surface area contributed by atoms with E-state index >= 15 is 0 Å². The quantitative estimate of drug-likeness (QED) is 0.149. The van der Waals surface area contributed by atoms with Crippen molar-refractivity contribution in [3.8, 4) is 0 Å². The summed E-state index contributed by atoms with van der Waals surface area (Å²) in [6.07, 6.45) is 0. The van der Waals surface area contributed by atoms with E-state index in [2.05, 4.69) is 0 Å². The Morgan fingerprint density at radius 2 is 0.421 bits per heavy atom. The van der Waals surface area contributed by atoms with E-state index in [4.69, 9.17) is 57.7 Å². The molecule has 19 heavy (non-hydrogen) atoms. The first-order chi connectivity index (χ1) is 6.00. The molecule has 0 amide bonds. The van der Waals surface area contributed by atoms with Crippen LogP contribution in [0, 0.1) is 0 Å². The molecule has 0 bridgehead atoms. The third kappa shape index (κ3) is 982. The minimum Gasteiger partial charge on any atom is -1.00 e. The normalized spacial score (nSPS) is 9.32. The van der Waals surface area contributed by atoms with Gasteiger partial charge < -0.3 is 49.7 Å². The number of phosphoric acid groups is 3. The van der Waals surface area contributed by atoms with E-state index in [9.17, 15) is 0 Å². The summed E-state index contributed by atoms with van der Waals surface area (Å²) in [5.74, 6) is 0. The fourth-order valence-corrected chi connectivity index (χ4v) is 0. The molecule has 0 unspecified atom stereocenters. The molecule has 0 saturated carbocycles. The predicted octanol–water partition coefficient (Wildman–Crippen LogP) is -14.3. The second-order valence-electron chi connectivity index (χ2n) is 1.54. The molecule has 0 heterocycles. The van der Waals surface area contributed by atoms with Gasteiger partial charge in [-0.15, -0.1) is 0 Å². The molecular weight excluding hydrogens is 313 g/mol. The van der Waals surface area contributed by atoms with Crippen molar-refractivity contribution in [2.24, 2.45) is 0 Å². The van der Waals surface area contributed by atoms with Gasteiger partial charge in [0, 0.05) is 0 Å². The van der Waals surface area contributed by atoms with Crippen molar-refractivity contribution >= 4 is 23.5 Å². The molecule has 0 fully saturated rings. The standard InChI is InChI=1S/4Li.3H3O4P.4H/c;;;;3*1-5(2,3)4;;;;/h;;;;3*(H3,1,2,3,4);;;;/q4*+1;;;;4*-1. The van der Waals surface area contributed by atoms with Gasteiger partial charge in [-0.3, -0.25) is 0 Å². The maximum atomic E-state index is 8.88. The fraction of sp³-hybridized carbons (Fsp3) is 0. The molecule has 0 atom stereocenters. The van der Waals surface area contributed by atoms with Gasteiger partial charge in [-0.2, -0.15) is 0 Å². The SMILES string of the molecule is O=P(O)(O)O.O=P(O)(O)O.O=P(O)(O)O.[H-].[H-].[H-].[H-].[Li+].[Li+].[Li+].[Li+]. The molecule has 0 aliphatic rings. The first-order valence-electron chi connectivity index (χ1n) is 2.35. The maximum absolute atomic E-state index is 8.88. The number of hydrogen-bond acceptors (Lipinski definition) is 3. The Labute approximate surface area is 161 Å². The second-order valence-corrected chi connectivity index (χ2v) is 4.62. The summed E-state index contributed by atoms with van der Waals surface area (Å²) in [5.41, 5.74) is 0. The monoisotopic (exact) mass is 326 g/mol. The molecule has 0 aliphatic carbocycles. The van der Waals surface area contributed by atoms with E-state index in [1.54, 1.807) is 0 Å². The van der Waals surface area contributed by atoms with Crippen molar-refractivity contribution < 1.29 is 139 Å². The van der Waals surface area contributed by atoms with E-state index in [0.717, 1.165) is 0 Å². The number of hydrogen-bond donors (Lipinski definition) is 9. The minimum atomic E-state index is -4.64. The van der Waals surface area contributed by atoms with E-state index in [1.807, 2.05) is 0 Å². The van der Waals surface area contributed by atoms with Gasteiger partial charge in [0.2, 0.25) is 0 Å². The summed E-state index contributed by atoms with van der Waals surface area (Å²) in [4.78, 5) is 64.7. The minimum absolute atomic E-state index is 0. The van der Waals surface area contributed by atoms with Crippen LogP contribution in [0.15, 0.2) is 0 Å². The summed E-state index contributed by atoms with van der Waals surface area (Å²) >= 11 is 0. The summed E-state index contributed by atoms with van der Waals surface area (Å²) in [5, 5.41) is 0. The van der Waals surface area contributed by atoms with Crippen LogP contribution in [-0.2, 0) is 13.7 Å². The van der Waals surface area contributed by atoms with Crippen LogP contribution < -0.4 is 75.4 Å². The zero-order valence-corrected chi connectivity index (χ0v) is 13.3. The van der Waals surface area contributed by atoms with Gasteiger partial charge in [0.05, 0.1) is 0 Å². The van der Waals surface area contributed by atoms with Crippen LogP contribution in [-0.4, -0.2) is 44.0 Å². The van der Waals surface area contributed by atoms with Crippen LogP contribution in [0.1, 0.15) is 5.71 Å². The summed E-state index contributed by atoms with van der Waals surface area (Å²) in [6.45, 7) is 0. The zero-order valence-electron chi connectivity index (χ0n) is 14.6. The molecule has 0 aliphatic heterocycles. The third-order valence-electron chi connectivity index (χ3n) is 0. The summed E-state index contributed by atoms with van der Waals surface area (Å²) in [6, 6.07) is 0. The smallest absolute Gasteiger partial charge is 1.00 e. The van der Waals surface area contributed by atoms with E-state index in [0.29, 0.717) is 0 Å². The average molecular weight is 326 g/mol. The average Bonchev–Trinajstić information content (AvgIpc) is 1.41. The van der Waals surface area contributed by atoms with Crippen LogP contribution in [0.2, 0.25) is 0 Å². The molecule has 12 nitrogen and oxygen atoms in total. The Morgan fingerprint density at radius 3 is 0.421 bits per heavy atom. The van der Waals surface area contributed by atoms with Crippen LogP contribution in [0.3, 0.4) is 0 Å². The molecule has 0 radical (unpaired) electrons. The van der Waals surface area contributed by atoms with Gasteiger partial charge in [-0.1, -0.05) is 0 Å². The molecule has 0 saturated heterocycles. The molecule has 0 aromatic carbocycles. The Balaban J connectivity index is -0.00000000889. The van der Waals surface area contributed by atoms with Gasteiger partial charge in [0.25, 0.3) is 0 Å². The molecule has 19 heteroatoms. The maximum Gasteiger partial charge on any atom is 1.00 e. The van der Waals surface area contributed by atoms with Crippen LogP contribution in [0.25, 0.3) is 0 Å². The Morgan fingerprint density at radius 1 is 0.421 bits per heavy atom. The predicted molar refractivity (Wildman–Crippen MR) is 47.2 cm³/mol. The molecular formula is H13Li4O12P3. The van der Waals surface area contributed by atoms with Crippen LogP contribution in [0.5, 0.6) is 0 Å². The molecule has 0 rings (SSSR count). The van der Waals surface area contributed by atoms with Crippen LogP contribution in [0.4, 0.5) is 0 Å². The molecule has 9 N–H and O–H groups in total. The van der Waals surface area contributed by atoms with E-state index in [-0.39, 0.29) is 81.1 Å². The van der Waals surface area contributed by atoms with Crippen LogP contribution >= 0.6 is 23.5 Å². The summed E-state index contributed by atoms with van der Waals surface area (Å²) < 4.78 is 26.6. The van der Waals surface area contributed by atoms with Gasteiger partial charge in [0.1, 0.15) is 0 Å². The van der Waals surface area contributed by atoms with Crippen molar-refractivity contribution in [2.45, 2.75) is 0 Å². The topological polar surface area (TPSA) is 233 Å². The second kappa shape index (κ2) is 18.8. The van der Waals surface area contributed by atoms with Gasteiger partial charge in [0.15, 0.2) is 0 Å². The first-order valence-corrected chi connectivity index (χ1v) is 7.04. The fourth-order valence-electron chi connectivity index (χ4n) is 0. The Kier molecular flexibility index (Phi) is 42.5. The van der Waals surface area contributed by atoms with Gasteiger partial charge >= 0.3 is 98.9 Å². The summed E-state index contributed by atoms with van der Waals surface area (Å²) in [7, 11) is -13.9. The van der Waals surface area contributed by atoms with Crippen molar-refractivity contribution in [1.82, 2.24) is 0 Å². The zero-order chi connectivity index (χ0) is 13.5. The Hall–Kier alpha value is 2.72. The van der Waals surface area contributed by atoms with Crippen molar-refractivity contribution in [2.75, 3.05) is 0 Å².